The fourth-order valence-corrected chi connectivity index (χ4v) is 3.09. The van der Waals surface area contributed by atoms with Gasteiger partial charge in [-0.3, -0.25) is 4.79 Å². The summed E-state index contributed by atoms with van der Waals surface area (Å²) in [5.74, 6) is 0.731. The van der Waals surface area contributed by atoms with Crippen molar-refractivity contribution in [2.45, 2.75) is 26.2 Å². The predicted octanol–water partition coefficient (Wildman–Crippen LogP) is 1.90. The molecule has 1 atom stereocenters. The van der Waals surface area contributed by atoms with Crippen LogP contribution >= 0.6 is 0 Å². The molecule has 0 spiro atoms. The molecule has 1 fully saturated rings. The van der Waals surface area contributed by atoms with E-state index in [9.17, 15) is 4.79 Å². The van der Waals surface area contributed by atoms with Crippen LogP contribution in [0.5, 0.6) is 0 Å². The van der Waals surface area contributed by atoms with E-state index in [0.717, 1.165) is 24.5 Å². The summed E-state index contributed by atoms with van der Waals surface area (Å²) in [6.45, 7) is 5.83. The molecule has 3 heterocycles. The van der Waals surface area contributed by atoms with Gasteiger partial charge in [-0.2, -0.15) is 0 Å². The second-order valence-electron chi connectivity index (χ2n) is 5.54. The number of hydrogen-bond acceptors (Lipinski definition) is 2. The van der Waals surface area contributed by atoms with Gasteiger partial charge < -0.3 is 14.3 Å². The highest BCUT2D eigenvalue weighted by atomic mass is 16.1. The average molecular weight is 259 g/mol. The number of pyridine rings is 1. The molecule has 19 heavy (non-hydrogen) atoms. The van der Waals surface area contributed by atoms with Crippen molar-refractivity contribution in [3.05, 3.63) is 40.4 Å². The van der Waals surface area contributed by atoms with Gasteiger partial charge in [0.2, 0.25) is 0 Å². The lowest BCUT2D eigenvalue weighted by molar-refractivity contribution is 0.181. The Morgan fingerprint density at radius 2 is 2.37 bits per heavy atom. The third-order valence-corrected chi connectivity index (χ3v) is 4.10. The van der Waals surface area contributed by atoms with Gasteiger partial charge >= 0.3 is 0 Å². The first-order valence-corrected chi connectivity index (χ1v) is 7.17. The predicted molar refractivity (Wildman–Crippen MR) is 76.6 cm³/mol. The zero-order chi connectivity index (χ0) is 13.2. The summed E-state index contributed by atoms with van der Waals surface area (Å²) >= 11 is 0. The quantitative estimate of drug-likeness (QED) is 0.914. The van der Waals surface area contributed by atoms with Crippen LogP contribution < -0.4 is 5.43 Å². The first-order chi connectivity index (χ1) is 9.24. The SMILES string of the molecule is CCN1CCCC(Cc2cn3ccc(=O)cc3[nH]2)C1. The van der Waals surface area contributed by atoms with E-state index in [4.69, 9.17) is 0 Å². The molecule has 1 aliphatic heterocycles. The van der Waals surface area contributed by atoms with E-state index in [0.29, 0.717) is 0 Å². The zero-order valence-corrected chi connectivity index (χ0v) is 11.4. The molecule has 0 radical (unpaired) electrons. The minimum atomic E-state index is 0.0585. The molecule has 0 saturated carbocycles. The van der Waals surface area contributed by atoms with Crippen molar-refractivity contribution in [3.8, 4) is 0 Å². The van der Waals surface area contributed by atoms with Crippen molar-refractivity contribution in [2.75, 3.05) is 19.6 Å². The van der Waals surface area contributed by atoms with Crippen molar-refractivity contribution < 1.29 is 0 Å². The minimum Gasteiger partial charge on any atom is -0.343 e. The monoisotopic (exact) mass is 259 g/mol. The Kier molecular flexibility index (Phi) is 3.42. The summed E-state index contributed by atoms with van der Waals surface area (Å²) < 4.78 is 2.00. The van der Waals surface area contributed by atoms with Crippen LogP contribution in [0.25, 0.3) is 5.65 Å². The first-order valence-electron chi connectivity index (χ1n) is 7.17. The molecule has 1 N–H and O–H groups in total. The van der Waals surface area contributed by atoms with Gasteiger partial charge in [0.15, 0.2) is 5.43 Å². The molecule has 2 aromatic heterocycles. The summed E-state index contributed by atoms with van der Waals surface area (Å²) in [5, 5.41) is 0. The van der Waals surface area contributed by atoms with Crippen LogP contribution in [0.15, 0.2) is 29.3 Å². The van der Waals surface area contributed by atoms with Gasteiger partial charge in [0, 0.05) is 36.8 Å². The number of fused-ring (bicyclic) bond motifs is 1. The van der Waals surface area contributed by atoms with Crippen molar-refractivity contribution in [3.63, 3.8) is 0 Å². The molecular formula is C15H21N3O. The smallest absolute Gasteiger partial charge is 0.183 e. The summed E-state index contributed by atoms with van der Waals surface area (Å²) in [6.07, 6.45) is 7.63. The highest BCUT2D eigenvalue weighted by Gasteiger charge is 2.19. The number of rotatable bonds is 3. The second-order valence-corrected chi connectivity index (χ2v) is 5.54. The Morgan fingerprint density at radius 1 is 1.47 bits per heavy atom. The third kappa shape index (κ3) is 2.73. The van der Waals surface area contributed by atoms with Crippen LogP contribution in [-0.2, 0) is 6.42 Å². The number of aromatic amines is 1. The van der Waals surface area contributed by atoms with Gasteiger partial charge in [-0.05, 0) is 38.3 Å². The topological polar surface area (TPSA) is 40.5 Å². The summed E-state index contributed by atoms with van der Waals surface area (Å²) in [4.78, 5) is 17.2. The fourth-order valence-electron chi connectivity index (χ4n) is 3.09. The van der Waals surface area contributed by atoms with E-state index in [2.05, 4.69) is 23.0 Å². The lowest BCUT2D eigenvalue weighted by Gasteiger charge is -2.31. The molecule has 2 aromatic rings. The number of nitrogens with one attached hydrogen (secondary N) is 1. The van der Waals surface area contributed by atoms with Crippen molar-refractivity contribution >= 4 is 5.65 Å². The van der Waals surface area contributed by atoms with Crippen LogP contribution in [0.3, 0.4) is 0 Å². The largest absolute Gasteiger partial charge is 0.343 e. The molecule has 1 aliphatic rings. The summed E-state index contributed by atoms with van der Waals surface area (Å²) in [5.41, 5.74) is 2.18. The molecule has 102 valence electrons. The maximum Gasteiger partial charge on any atom is 0.183 e. The Bertz CT molecular complexity index is 613. The van der Waals surface area contributed by atoms with Gasteiger partial charge in [0.05, 0.1) is 0 Å². The summed E-state index contributed by atoms with van der Waals surface area (Å²) in [7, 11) is 0. The summed E-state index contributed by atoms with van der Waals surface area (Å²) in [6, 6.07) is 3.26. The molecule has 1 saturated heterocycles. The number of hydrogen-bond donors (Lipinski definition) is 1. The van der Waals surface area contributed by atoms with Gasteiger partial charge in [-0.1, -0.05) is 6.92 Å². The van der Waals surface area contributed by atoms with E-state index in [1.54, 1.807) is 12.1 Å². The van der Waals surface area contributed by atoms with Crippen LogP contribution in [-0.4, -0.2) is 33.9 Å². The molecule has 4 heteroatoms. The maximum absolute atomic E-state index is 11.3. The molecule has 0 aromatic carbocycles. The van der Waals surface area contributed by atoms with Gasteiger partial charge in [0.25, 0.3) is 0 Å². The van der Waals surface area contributed by atoms with Crippen molar-refractivity contribution in [1.82, 2.24) is 14.3 Å². The molecular weight excluding hydrogens is 238 g/mol. The fraction of sp³-hybridized carbons (Fsp3) is 0.533. The van der Waals surface area contributed by atoms with Crippen LogP contribution in [0.4, 0.5) is 0 Å². The number of imidazole rings is 1. The molecule has 0 aliphatic carbocycles. The van der Waals surface area contributed by atoms with E-state index >= 15 is 0 Å². The average Bonchev–Trinajstić information content (AvgIpc) is 2.80. The van der Waals surface area contributed by atoms with Gasteiger partial charge in [0.1, 0.15) is 5.65 Å². The Morgan fingerprint density at radius 3 is 3.21 bits per heavy atom. The Labute approximate surface area is 113 Å². The first kappa shape index (κ1) is 12.5. The van der Waals surface area contributed by atoms with E-state index in [1.807, 2.05) is 10.6 Å². The normalized spacial score (nSPS) is 21.0. The van der Waals surface area contributed by atoms with Crippen LogP contribution in [0.1, 0.15) is 25.5 Å². The standard InChI is InChI=1S/C15H21N3O/c1-2-17-6-3-4-12(10-17)8-13-11-18-7-5-14(19)9-15(18)16-13/h5,7,9,11-12,16H,2-4,6,8,10H2,1H3. The number of likely N-dealkylation sites (tertiary alicyclic amines) is 1. The lowest BCUT2D eigenvalue weighted by atomic mass is 9.94. The lowest BCUT2D eigenvalue weighted by Crippen LogP contribution is -2.35. The Hall–Kier alpha value is -1.55. The molecule has 0 amide bonds. The number of aromatic nitrogens is 2. The van der Waals surface area contributed by atoms with Crippen LogP contribution in [0, 0.1) is 5.92 Å². The zero-order valence-electron chi connectivity index (χ0n) is 11.4. The van der Waals surface area contributed by atoms with Gasteiger partial charge in [-0.25, -0.2) is 0 Å². The molecule has 3 rings (SSSR count). The van der Waals surface area contributed by atoms with Gasteiger partial charge in [-0.15, -0.1) is 0 Å². The van der Waals surface area contributed by atoms with Crippen molar-refractivity contribution in [2.24, 2.45) is 5.92 Å². The third-order valence-electron chi connectivity index (χ3n) is 4.10. The maximum atomic E-state index is 11.3. The highest BCUT2D eigenvalue weighted by molar-refractivity contribution is 5.39. The molecule has 4 nitrogen and oxygen atoms in total. The molecule has 0 bridgehead atoms. The van der Waals surface area contributed by atoms with Crippen molar-refractivity contribution in [1.29, 1.82) is 0 Å². The number of H-pyrrole nitrogens is 1. The van der Waals surface area contributed by atoms with E-state index < -0.39 is 0 Å². The minimum absolute atomic E-state index is 0.0585. The second kappa shape index (κ2) is 5.21. The van der Waals surface area contributed by atoms with Crippen LogP contribution in [0.2, 0.25) is 0 Å². The molecule has 1 unspecified atom stereocenters. The highest BCUT2D eigenvalue weighted by Crippen LogP contribution is 2.20. The Balaban J connectivity index is 1.75. The van der Waals surface area contributed by atoms with E-state index in [1.165, 1.54) is 31.6 Å². The number of piperidine rings is 1. The number of nitrogens with zero attached hydrogens (tertiary/aromatic N) is 2. The van der Waals surface area contributed by atoms with E-state index in [-0.39, 0.29) is 5.43 Å².